The van der Waals surface area contributed by atoms with E-state index in [9.17, 15) is 13.2 Å². The van der Waals surface area contributed by atoms with Crippen molar-refractivity contribution in [3.05, 3.63) is 112 Å². The van der Waals surface area contributed by atoms with Crippen molar-refractivity contribution < 1.29 is 13.2 Å². The van der Waals surface area contributed by atoms with E-state index in [1.807, 2.05) is 61.5 Å². The highest BCUT2D eigenvalue weighted by Crippen LogP contribution is 2.36. The maximum Gasteiger partial charge on any atom is 0.270 e. The maximum absolute atomic E-state index is 13.4. The number of carbonyl (C=O) groups is 1. The van der Waals surface area contributed by atoms with E-state index in [1.54, 1.807) is 24.3 Å². The largest absolute Gasteiger partial charge is 0.386 e. The van der Waals surface area contributed by atoms with Gasteiger partial charge in [0.15, 0.2) is 4.91 Å². The van der Waals surface area contributed by atoms with E-state index in [0.717, 1.165) is 16.7 Å². The molecule has 30 heavy (non-hydrogen) atoms. The number of nitrogens with zero attached hydrogens (tertiary/aromatic N) is 1. The Morgan fingerprint density at radius 1 is 0.900 bits per heavy atom. The van der Waals surface area contributed by atoms with E-state index in [2.05, 4.69) is 5.32 Å². The zero-order chi connectivity index (χ0) is 21.1. The van der Waals surface area contributed by atoms with Crippen molar-refractivity contribution in [2.75, 3.05) is 4.31 Å². The van der Waals surface area contributed by atoms with E-state index in [1.165, 1.54) is 10.5 Å². The molecule has 0 saturated carbocycles. The van der Waals surface area contributed by atoms with Gasteiger partial charge in [-0.05, 0) is 30.2 Å². The van der Waals surface area contributed by atoms with Crippen molar-refractivity contribution in [2.24, 2.45) is 0 Å². The third-order valence-corrected chi connectivity index (χ3v) is 6.77. The number of fused-ring (bicyclic) bond motifs is 1. The molecule has 0 aromatic heterocycles. The first-order valence-corrected chi connectivity index (χ1v) is 11.1. The van der Waals surface area contributed by atoms with E-state index in [0.29, 0.717) is 17.8 Å². The van der Waals surface area contributed by atoms with Crippen LogP contribution in [0.3, 0.4) is 0 Å². The highest BCUT2D eigenvalue weighted by Gasteiger charge is 2.39. The molecule has 3 aromatic carbocycles. The van der Waals surface area contributed by atoms with Gasteiger partial charge in [0.25, 0.3) is 10.0 Å². The zero-order valence-corrected chi connectivity index (χ0v) is 17.4. The number of para-hydroxylation sites is 1. The van der Waals surface area contributed by atoms with E-state index < -0.39 is 15.8 Å². The molecule has 152 valence electrons. The minimum atomic E-state index is -4.01. The number of aryl methyl sites for hydroxylation is 1. The summed E-state index contributed by atoms with van der Waals surface area (Å²) in [5, 5.41) is 2.99. The lowest BCUT2D eigenvalue weighted by Gasteiger charge is -2.31. The lowest BCUT2D eigenvalue weighted by molar-refractivity contribution is 0.104. The Morgan fingerprint density at radius 2 is 1.60 bits per heavy atom. The highest BCUT2D eigenvalue weighted by atomic mass is 32.2. The second kappa shape index (κ2) is 8.16. The molecule has 0 bridgehead atoms. The first kappa shape index (κ1) is 19.9. The monoisotopic (exact) mass is 418 g/mol. The van der Waals surface area contributed by atoms with Gasteiger partial charge >= 0.3 is 0 Å². The van der Waals surface area contributed by atoms with Crippen LogP contribution in [-0.2, 0) is 23.1 Å². The smallest absolute Gasteiger partial charge is 0.270 e. The molecule has 0 aliphatic carbocycles. The molecule has 0 amide bonds. The molecule has 6 heteroatoms. The van der Waals surface area contributed by atoms with Gasteiger partial charge < -0.3 is 5.32 Å². The number of rotatable bonds is 5. The number of Topliss-reactive ketones (excluding diaryl/α,β-unsaturated/α-hetero) is 1. The van der Waals surface area contributed by atoms with Crippen LogP contribution in [0.5, 0.6) is 0 Å². The van der Waals surface area contributed by atoms with Crippen molar-refractivity contribution in [2.45, 2.75) is 20.0 Å². The van der Waals surface area contributed by atoms with Crippen molar-refractivity contribution in [1.82, 2.24) is 5.32 Å². The molecular weight excluding hydrogens is 396 g/mol. The van der Waals surface area contributed by atoms with Gasteiger partial charge in [0.2, 0.25) is 5.78 Å². The van der Waals surface area contributed by atoms with E-state index in [4.69, 9.17) is 0 Å². The summed E-state index contributed by atoms with van der Waals surface area (Å²) < 4.78 is 28.1. The van der Waals surface area contributed by atoms with Crippen molar-refractivity contribution in [3.63, 3.8) is 0 Å². The molecule has 0 fully saturated rings. The molecule has 1 heterocycles. The van der Waals surface area contributed by atoms with Crippen LogP contribution in [0.15, 0.2) is 90.0 Å². The topological polar surface area (TPSA) is 66.5 Å². The van der Waals surface area contributed by atoms with E-state index >= 15 is 0 Å². The van der Waals surface area contributed by atoms with E-state index in [-0.39, 0.29) is 11.4 Å². The van der Waals surface area contributed by atoms with Gasteiger partial charge in [-0.3, -0.25) is 9.10 Å². The number of anilines is 1. The van der Waals surface area contributed by atoms with Crippen molar-refractivity contribution in [3.8, 4) is 0 Å². The fourth-order valence-electron chi connectivity index (χ4n) is 3.53. The fourth-order valence-corrected chi connectivity index (χ4v) is 5.08. The van der Waals surface area contributed by atoms with Gasteiger partial charge in [-0.1, -0.05) is 72.3 Å². The minimum Gasteiger partial charge on any atom is -0.386 e. The fraction of sp³-hybridized carbons (Fsp3) is 0.125. The third-order valence-electron chi connectivity index (χ3n) is 5.00. The van der Waals surface area contributed by atoms with Gasteiger partial charge in [0, 0.05) is 18.3 Å². The first-order valence-electron chi connectivity index (χ1n) is 9.66. The molecule has 0 spiro atoms. The molecule has 1 aliphatic heterocycles. The van der Waals surface area contributed by atoms with Gasteiger partial charge in [-0.25, -0.2) is 8.42 Å². The van der Waals surface area contributed by atoms with Gasteiger partial charge in [-0.15, -0.1) is 0 Å². The Hall–Kier alpha value is -3.38. The normalized spacial score (nSPS) is 16.4. The Kier molecular flexibility index (Phi) is 5.42. The average Bonchev–Trinajstić information content (AvgIpc) is 2.74. The van der Waals surface area contributed by atoms with Crippen LogP contribution in [0.2, 0.25) is 0 Å². The van der Waals surface area contributed by atoms with Crippen LogP contribution in [-0.4, -0.2) is 14.2 Å². The van der Waals surface area contributed by atoms with Crippen molar-refractivity contribution in [1.29, 1.82) is 0 Å². The summed E-state index contributed by atoms with van der Waals surface area (Å²) in [4.78, 5) is 12.8. The van der Waals surface area contributed by atoms with Gasteiger partial charge in [0.1, 0.15) is 0 Å². The van der Waals surface area contributed by atoms with Gasteiger partial charge in [-0.2, -0.15) is 0 Å². The van der Waals surface area contributed by atoms with Crippen LogP contribution < -0.4 is 9.62 Å². The first-order chi connectivity index (χ1) is 14.5. The number of hydrogen-bond acceptors (Lipinski definition) is 4. The minimum absolute atomic E-state index is 0.157. The summed E-state index contributed by atoms with van der Waals surface area (Å²) in [6, 6.07) is 24.1. The molecule has 1 aliphatic rings. The predicted molar refractivity (Wildman–Crippen MR) is 118 cm³/mol. The Morgan fingerprint density at radius 3 is 2.37 bits per heavy atom. The molecule has 0 unspecified atom stereocenters. The van der Waals surface area contributed by atoms with Crippen LogP contribution >= 0.6 is 0 Å². The molecule has 0 saturated heterocycles. The molecule has 4 rings (SSSR count). The van der Waals surface area contributed by atoms with Crippen LogP contribution in [0.4, 0.5) is 5.69 Å². The standard InChI is InChI=1S/C24H22N2O3S/c1-18-8-7-11-20(14-18)17-26-22-13-6-5-12-21(22)24(27)23(30(26,28)29)16-25-15-19-9-3-2-4-10-19/h2-14,16,25H,15,17H2,1H3. The predicted octanol–water partition coefficient (Wildman–Crippen LogP) is 4.16. The number of benzene rings is 3. The Labute approximate surface area is 176 Å². The number of hydrogen-bond donors (Lipinski definition) is 1. The number of nitrogens with one attached hydrogen (secondary N) is 1. The quantitative estimate of drug-likeness (QED) is 0.632. The summed E-state index contributed by atoms with van der Waals surface area (Å²) >= 11 is 0. The molecule has 3 aromatic rings. The Balaban J connectivity index is 1.71. The summed E-state index contributed by atoms with van der Waals surface area (Å²) in [7, 11) is -4.01. The summed E-state index contributed by atoms with van der Waals surface area (Å²) in [5.74, 6) is -0.494. The molecule has 0 atom stereocenters. The second-order valence-electron chi connectivity index (χ2n) is 7.22. The number of ketones is 1. The molecular formula is C24H22N2O3S. The summed E-state index contributed by atoms with van der Waals surface area (Å²) in [6.45, 7) is 2.54. The lowest BCUT2D eigenvalue weighted by atomic mass is 10.1. The Bertz CT molecular complexity index is 1220. The molecule has 0 radical (unpaired) electrons. The average molecular weight is 419 g/mol. The van der Waals surface area contributed by atoms with Gasteiger partial charge in [0.05, 0.1) is 12.2 Å². The molecule has 1 N–H and O–H groups in total. The zero-order valence-electron chi connectivity index (χ0n) is 16.6. The van der Waals surface area contributed by atoms with Crippen molar-refractivity contribution >= 4 is 21.5 Å². The maximum atomic E-state index is 13.4. The summed E-state index contributed by atoms with van der Waals surface area (Å²) in [5.41, 5.74) is 3.69. The molecule has 5 nitrogen and oxygen atoms in total. The second-order valence-corrected chi connectivity index (χ2v) is 9.05. The number of carbonyl (C=O) groups excluding carboxylic acids is 1. The SMILES string of the molecule is Cc1cccc(CN2c3ccccc3C(=O)C(=CNCc3ccccc3)S2(=O)=O)c1. The van der Waals surface area contributed by atoms with Crippen LogP contribution in [0.1, 0.15) is 27.0 Å². The summed E-state index contributed by atoms with van der Waals surface area (Å²) in [6.07, 6.45) is 1.32. The third kappa shape index (κ3) is 3.86. The lowest BCUT2D eigenvalue weighted by Crippen LogP contribution is -2.39. The number of sulfonamides is 1. The van der Waals surface area contributed by atoms with Crippen LogP contribution in [0.25, 0.3) is 0 Å². The highest BCUT2D eigenvalue weighted by molar-refractivity contribution is 7.97. The van der Waals surface area contributed by atoms with Crippen LogP contribution in [0, 0.1) is 6.92 Å². The number of allylic oxidation sites excluding steroid dienone is 1.